The van der Waals surface area contributed by atoms with Crippen molar-refractivity contribution in [1.29, 1.82) is 0 Å². The Morgan fingerprint density at radius 3 is 2.56 bits per heavy atom. The van der Waals surface area contributed by atoms with E-state index in [1.165, 1.54) is 0 Å². The van der Waals surface area contributed by atoms with Gasteiger partial charge in [0.05, 0.1) is 16.7 Å². The number of rotatable bonds is 7. The fraction of sp³-hybridized carbons (Fsp3) is 0.474. The lowest BCUT2D eigenvalue weighted by molar-refractivity contribution is -0.117. The van der Waals surface area contributed by atoms with E-state index in [4.69, 9.17) is 0 Å². The van der Waals surface area contributed by atoms with Gasteiger partial charge in [-0.25, -0.2) is 9.78 Å². The van der Waals surface area contributed by atoms with Crippen LogP contribution in [0, 0.1) is 5.92 Å². The van der Waals surface area contributed by atoms with E-state index in [1.54, 1.807) is 22.8 Å². The molecule has 2 N–H and O–H groups in total. The van der Waals surface area contributed by atoms with E-state index < -0.39 is 11.9 Å². The molecule has 3 amide bonds. The predicted molar refractivity (Wildman–Crippen MR) is 108 cm³/mol. The first kappa shape index (κ1) is 21.0. The zero-order valence-electron chi connectivity index (χ0n) is 16.1. The molecule has 0 saturated heterocycles. The van der Waals surface area contributed by atoms with Gasteiger partial charge in [-0.2, -0.15) is 0 Å². The zero-order valence-corrected chi connectivity index (χ0v) is 16.9. The van der Waals surface area contributed by atoms with Crippen LogP contribution in [0.5, 0.6) is 0 Å². The van der Waals surface area contributed by atoms with E-state index in [-0.39, 0.29) is 17.4 Å². The fourth-order valence-electron chi connectivity index (χ4n) is 2.49. The molecule has 0 bridgehead atoms. The monoisotopic (exact) mass is 390 g/mol. The summed E-state index contributed by atoms with van der Waals surface area (Å²) in [6, 6.07) is 6.53. The molecule has 146 valence electrons. The van der Waals surface area contributed by atoms with Crippen molar-refractivity contribution < 1.29 is 9.59 Å². The van der Waals surface area contributed by atoms with Crippen LogP contribution in [0.25, 0.3) is 10.9 Å². The Bertz CT molecular complexity index is 877. The SMILES string of the molecule is CC(C)CCNC(=O)NC(=O)CSc1nc2ccccc2c(=O)n1C(C)C. The first-order valence-electron chi connectivity index (χ1n) is 9.01. The van der Waals surface area contributed by atoms with Gasteiger partial charge in [0.2, 0.25) is 5.91 Å². The van der Waals surface area contributed by atoms with Crippen molar-refractivity contribution in [3.63, 3.8) is 0 Å². The molecule has 0 radical (unpaired) electrons. The van der Waals surface area contributed by atoms with Crippen molar-refractivity contribution in [2.24, 2.45) is 5.92 Å². The van der Waals surface area contributed by atoms with Crippen molar-refractivity contribution in [3.8, 4) is 0 Å². The second kappa shape index (κ2) is 9.55. The van der Waals surface area contributed by atoms with Crippen molar-refractivity contribution in [3.05, 3.63) is 34.6 Å². The van der Waals surface area contributed by atoms with Gasteiger partial charge < -0.3 is 5.32 Å². The molecule has 0 fully saturated rings. The molecule has 2 aromatic rings. The van der Waals surface area contributed by atoms with E-state index in [1.807, 2.05) is 19.9 Å². The first-order chi connectivity index (χ1) is 12.8. The third-order valence-corrected chi connectivity index (χ3v) is 4.84. The lowest BCUT2D eigenvalue weighted by Gasteiger charge is -2.16. The number of imide groups is 1. The number of amides is 3. The average molecular weight is 391 g/mol. The highest BCUT2D eigenvalue weighted by atomic mass is 32.2. The summed E-state index contributed by atoms with van der Waals surface area (Å²) in [5.41, 5.74) is 0.457. The van der Waals surface area contributed by atoms with Crippen LogP contribution in [0.3, 0.4) is 0 Å². The van der Waals surface area contributed by atoms with E-state index in [2.05, 4.69) is 29.5 Å². The quantitative estimate of drug-likeness (QED) is 0.560. The van der Waals surface area contributed by atoms with Crippen LogP contribution in [0.1, 0.15) is 40.2 Å². The number of benzene rings is 1. The lowest BCUT2D eigenvalue weighted by atomic mass is 10.1. The summed E-state index contributed by atoms with van der Waals surface area (Å²) >= 11 is 1.14. The van der Waals surface area contributed by atoms with E-state index in [0.717, 1.165) is 18.2 Å². The molecular weight excluding hydrogens is 364 g/mol. The molecule has 1 heterocycles. The summed E-state index contributed by atoms with van der Waals surface area (Å²) in [6.45, 7) is 8.43. The Hall–Kier alpha value is -2.35. The molecule has 27 heavy (non-hydrogen) atoms. The number of carbonyl (C=O) groups excluding carboxylic acids is 2. The third-order valence-electron chi connectivity index (χ3n) is 3.88. The summed E-state index contributed by atoms with van der Waals surface area (Å²) < 4.78 is 1.57. The van der Waals surface area contributed by atoms with Crippen molar-refractivity contribution in [1.82, 2.24) is 20.2 Å². The Labute approximate surface area is 162 Å². The highest BCUT2D eigenvalue weighted by molar-refractivity contribution is 7.99. The molecule has 0 aliphatic heterocycles. The van der Waals surface area contributed by atoms with Gasteiger partial charge in [-0.3, -0.25) is 19.5 Å². The van der Waals surface area contributed by atoms with Crippen molar-refractivity contribution >= 4 is 34.6 Å². The number of fused-ring (bicyclic) bond motifs is 1. The minimum atomic E-state index is -0.506. The van der Waals surface area contributed by atoms with Crippen molar-refractivity contribution in [2.45, 2.75) is 45.3 Å². The maximum Gasteiger partial charge on any atom is 0.321 e. The van der Waals surface area contributed by atoms with Gasteiger partial charge in [-0.1, -0.05) is 37.7 Å². The Morgan fingerprint density at radius 1 is 1.19 bits per heavy atom. The summed E-state index contributed by atoms with van der Waals surface area (Å²) in [5, 5.41) is 5.96. The zero-order chi connectivity index (χ0) is 20.0. The number of nitrogens with zero attached hydrogens (tertiary/aromatic N) is 2. The maximum atomic E-state index is 12.7. The minimum Gasteiger partial charge on any atom is -0.338 e. The van der Waals surface area contributed by atoms with Crippen LogP contribution in [-0.2, 0) is 4.79 Å². The van der Waals surface area contributed by atoms with Gasteiger partial charge in [0.1, 0.15) is 0 Å². The number of para-hydroxylation sites is 1. The molecular formula is C19H26N4O3S. The highest BCUT2D eigenvalue weighted by Crippen LogP contribution is 2.20. The van der Waals surface area contributed by atoms with E-state index in [9.17, 15) is 14.4 Å². The van der Waals surface area contributed by atoms with E-state index >= 15 is 0 Å². The fourth-order valence-corrected chi connectivity index (χ4v) is 3.42. The summed E-state index contributed by atoms with van der Waals surface area (Å²) in [6.07, 6.45) is 0.845. The standard InChI is InChI=1S/C19H26N4O3S/c1-12(2)9-10-20-18(26)22-16(24)11-27-19-21-15-8-6-5-7-14(15)17(25)23(19)13(3)4/h5-8,12-13H,9-11H2,1-4H3,(H2,20,22,24,26). The van der Waals surface area contributed by atoms with Crippen LogP contribution in [0.2, 0.25) is 0 Å². The minimum absolute atomic E-state index is 0.00486. The predicted octanol–water partition coefficient (Wildman–Crippen LogP) is 2.94. The number of nitrogens with one attached hydrogen (secondary N) is 2. The van der Waals surface area contributed by atoms with Gasteiger partial charge in [0, 0.05) is 12.6 Å². The van der Waals surface area contributed by atoms with Crippen LogP contribution >= 0.6 is 11.8 Å². The molecule has 0 atom stereocenters. The normalized spacial score (nSPS) is 11.2. The number of carbonyl (C=O) groups is 2. The summed E-state index contributed by atoms with van der Waals surface area (Å²) in [4.78, 5) is 41.0. The van der Waals surface area contributed by atoms with Gasteiger partial charge in [0.25, 0.3) is 5.56 Å². The second-order valence-electron chi connectivity index (χ2n) is 6.96. The molecule has 2 rings (SSSR count). The molecule has 0 aliphatic carbocycles. The molecule has 0 aliphatic rings. The molecule has 0 saturated carbocycles. The number of aromatic nitrogens is 2. The van der Waals surface area contributed by atoms with Gasteiger partial charge >= 0.3 is 6.03 Å². The van der Waals surface area contributed by atoms with Crippen LogP contribution in [0.4, 0.5) is 4.79 Å². The maximum absolute atomic E-state index is 12.7. The lowest BCUT2D eigenvalue weighted by Crippen LogP contribution is -2.41. The number of hydrogen-bond donors (Lipinski definition) is 2. The van der Waals surface area contributed by atoms with Gasteiger partial charge in [0.15, 0.2) is 5.16 Å². The van der Waals surface area contributed by atoms with Gasteiger partial charge in [-0.15, -0.1) is 0 Å². The van der Waals surface area contributed by atoms with Gasteiger partial charge in [-0.05, 0) is 38.3 Å². The number of thioether (sulfide) groups is 1. The van der Waals surface area contributed by atoms with Crippen molar-refractivity contribution in [2.75, 3.05) is 12.3 Å². The average Bonchev–Trinajstić information content (AvgIpc) is 2.59. The van der Waals surface area contributed by atoms with Crippen LogP contribution in [-0.4, -0.2) is 33.8 Å². The smallest absolute Gasteiger partial charge is 0.321 e. The second-order valence-corrected chi connectivity index (χ2v) is 7.90. The molecule has 1 aromatic heterocycles. The molecule has 8 heteroatoms. The molecule has 1 aromatic carbocycles. The largest absolute Gasteiger partial charge is 0.338 e. The van der Waals surface area contributed by atoms with E-state index in [0.29, 0.717) is 28.5 Å². The third kappa shape index (κ3) is 5.82. The van der Waals surface area contributed by atoms with Crippen LogP contribution in [0.15, 0.2) is 34.2 Å². The van der Waals surface area contributed by atoms with Crippen LogP contribution < -0.4 is 16.2 Å². The molecule has 0 unspecified atom stereocenters. The molecule has 7 nitrogen and oxygen atoms in total. The molecule has 0 spiro atoms. The number of urea groups is 1. The Morgan fingerprint density at radius 2 is 1.89 bits per heavy atom. The number of hydrogen-bond acceptors (Lipinski definition) is 5. The topological polar surface area (TPSA) is 93.1 Å². The first-order valence-corrected chi connectivity index (χ1v) is 10.00. The Balaban J connectivity index is 2.05. The summed E-state index contributed by atoms with van der Waals surface area (Å²) in [7, 11) is 0. The highest BCUT2D eigenvalue weighted by Gasteiger charge is 2.16. The summed E-state index contributed by atoms with van der Waals surface area (Å²) in [5.74, 6) is 0.0396. The Kier molecular flexibility index (Phi) is 7.41.